The van der Waals surface area contributed by atoms with E-state index in [0.29, 0.717) is 0 Å². The number of rotatable bonds is 3. The van der Waals surface area contributed by atoms with E-state index < -0.39 is 23.4 Å². The fourth-order valence-corrected chi connectivity index (χ4v) is 2.25. The van der Waals surface area contributed by atoms with Crippen LogP contribution in [0.5, 0.6) is 11.5 Å². The average molecular weight is 379 g/mol. The molecule has 0 radical (unpaired) electrons. The number of carboxylic acid groups (broad SMARTS) is 1. The zero-order valence-electron chi connectivity index (χ0n) is 10.2. The van der Waals surface area contributed by atoms with Gasteiger partial charge in [0, 0.05) is 23.9 Å². The molecule has 0 aromatic heterocycles. The van der Waals surface area contributed by atoms with Crippen molar-refractivity contribution in [3.8, 4) is 11.5 Å². The molecule has 0 saturated heterocycles. The Bertz CT molecular complexity index is 740. The summed E-state index contributed by atoms with van der Waals surface area (Å²) in [6.07, 6.45) is 0. The number of aromatic carboxylic acids is 1. The highest BCUT2D eigenvalue weighted by atomic mass is 79.9. The number of benzene rings is 2. The molecule has 21 heavy (non-hydrogen) atoms. The number of carboxylic acids is 1. The van der Waals surface area contributed by atoms with Crippen LogP contribution in [0.3, 0.4) is 0 Å². The summed E-state index contributed by atoms with van der Waals surface area (Å²) in [5.74, 6) is -3.43. The topological polar surface area (TPSA) is 72.5 Å². The number of hydrogen-bond donors (Lipinski definition) is 2. The van der Waals surface area contributed by atoms with Gasteiger partial charge in [0.15, 0.2) is 11.6 Å². The highest BCUT2D eigenvalue weighted by Crippen LogP contribution is 2.35. The van der Waals surface area contributed by atoms with E-state index in [0.717, 1.165) is 18.2 Å². The van der Waals surface area contributed by atoms with Crippen LogP contribution >= 0.6 is 27.5 Å². The van der Waals surface area contributed by atoms with Crippen molar-refractivity contribution >= 4 is 39.2 Å². The van der Waals surface area contributed by atoms with Crippen LogP contribution in [0.25, 0.3) is 0 Å². The summed E-state index contributed by atoms with van der Waals surface area (Å²) < 4.78 is 32.6. The van der Waals surface area contributed by atoms with Gasteiger partial charge in [0.05, 0.1) is 15.1 Å². The molecule has 0 fully saturated rings. The third kappa shape index (κ3) is 3.25. The van der Waals surface area contributed by atoms with E-state index >= 15 is 0 Å². The second-order valence-corrected chi connectivity index (χ2v) is 5.24. The van der Waals surface area contributed by atoms with Gasteiger partial charge in [-0.25, -0.2) is 13.6 Å². The lowest BCUT2D eigenvalue weighted by molar-refractivity contribution is 0.0697. The standard InChI is InChI=1S/C13H7BrClF2NO3/c14-6-2-7(15)8(16)4-11(6)21-12-1-5(13(19)20)10(18)3-9(12)17/h1-4H,18H2,(H,19,20). The second kappa shape index (κ2) is 5.87. The summed E-state index contributed by atoms with van der Waals surface area (Å²) in [6.45, 7) is 0. The van der Waals surface area contributed by atoms with Crippen LogP contribution in [0, 0.1) is 11.6 Å². The molecule has 3 N–H and O–H groups in total. The Morgan fingerprint density at radius 1 is 1.19 bits per heavy atom. The molecule has 0 atom stereocenters. The maximum Gasteiger partial charge on any atom is 0.337 e. The van der Waals surface area contributed by atoms with Crippen molar-refractivity contribution in [3.63, 3.8) is 0 Å². The highest BCUT2D eigenvalue weighted by Gasteiger charge is 2.16. The maximum atomic E-state index is 13.8. The molecule has 110 valence electrons. The van der Waals surface area contributed by atoms with Crippen molar-refractivity contribution in [2.75, 3.05) is 5.73 Å². The predicted molar refractivity (Wildman–Crippen MR) is 77.0 cm³/mol. The third-order valence-corrected chi connectivity index (χ3v) is 3.44. The van der Waals surface area contributed by atoms with E-state index in [4.69, 9.17) is 27.2 Å². The third-order valence-electron chi connectivity index (χ3n) is 2.53. The fourth-order valence-electron chi connectivity index (χ4n) is 1.53. The van der Waals surface area contributed by atoms with Gasteiger partial charge in [-0.15, -0.1) is 0 Å². The first kappa shape index (κ1) is 15.5. The number of hydrogen-bond acceptors (Lipinski definition) is 3. The molecule has 8 heteroatoms. The first-order valence-electron chi connectivity index (χ1n) is 5.44. The minimum Gasteiger partial charge on any atom is -0.478 e. The van der Waals surface area contributed by atoms with Gasteiger partial charge in [0.2, 0.25) is 0 Å². The van der Waals surface area contributed by atoms with Gasteiger partial charge in [-0.1, -0.05) is 11.6 Å². The molecule has 0 bridgehead atoms. The van der Waals surface area contributed by atoms with Crippen LogP contribution in [0.2, 0.25) is 5.02 Å². The van der Waals surface area contributed by atoms with Crippen LogP contribution < -0.4 is 10.5 Å². The van der Waals surface area contributed by atoms with E-state index in [1.165, 1.54) is 6.07 Å². The molecule has 0 spiro atoms. The SMILES string of the molecule is Nc1cc(F)c(Oc2cc(F)c(Cl)cc2Br)cc1C(=O)O. The van der Waals surface area contributed by atoms with Gasteiger partial charge in [-0.3, -0.25) is 0 Å². The van der Waals surface area contributed by atoms with E-state index in [9.17, 15) is 13.6 Å². The quantitative estimate of drug-likeness (QED) is 0.611. The number of carbonyl (C=O) groups is 1. The number of ether oxygens (including phenoxy) is 1. The Morgan fingerprint density at radius 3 is 2.48 bits per heavy atom. The zero-order valence-corrected chi connectivity index (χ0v) is 12.5. The number of nitrogens with two attached hydrogens (primary N) is 1. The van der Waals surface area contributed by atoms with E-state index in [1.54, 1.807) is 0 Å². The van der Waals surface area contributed by atoms with Crippen molar-refractivity contribution in [1.82, 2.24) is 0 Å². The van der Waals surface area contributed by atoms with Gasteiger partial charge in [-0.05, 0) is 22.0 Å². The molecule has 0 heterocycles. The van der Waals surface area contributed by atoms with Crippen LogP contribution in [-0.2, 0) is 0 Å². The van der Waals surface area contributed by atoms with Gasteiger partial charge >= 0.3 is 5.97 Å². The zero-order chi connectivity index (χ0) is 15.7. The number of anilines is 1. The minimum atomic E-state index is -1.33. The van der Waals surface area contributed by atoms with Crippen molar-refractivity contribution in [3.05, 3.63) is 51.0 Å². The van der Waals surface area contributed by atoms with E-state index in [2.05, 4.69) is 15.9 Å². The normalized spacial score (nSPS) is 10.5. The number of nitrogen functional groups attached to an aromatic ring is 1. The van der Waals surface area contributed by atoms with Crippen LogP contribution in [0.1, 0.15) is 10.4 Å². The smallest absolute Gasteiger partial charge is 0.337 e. The molecule has 0 aliphatic carbocycles. The summed E-state index contributed by atoms with van der Waals surface area (Å²) >= 11 is 8.66. The first-order chi connectivity index (χ1) is 9.79. The van der Waals surface area contributed by atoms with E-state index in [-0.39, 0.29) is 26.5 Å². The van der Waals surface area contributed by atoms with Gasteiger partial charge in [-0.2, -0.15) is 0 Å². The lowest BCUT2D eigenvalue weighted by Crippen LogP contribution is -2.04. The Labute approximate surface area is 131 Å². The molecule has 2 aromatic rings. The van der Waals surface area contributed by atoms with Crippen molar-refractivity contribution in [2.24, 2.45) is 0 Å². The van der Waals surface area contributed by atoms with E-state index in [1.807, 2.05) is 0 Å². The molecule has 0 unspecified atom stereocenters. The maximum absolute atomic E-state index is 13.8. The molecule has 0 aliphatic heterocycles. The fraction of sp³-hybridized carbons (Fsp3) is 0. The summed E-state index contributed by atoms with van der Waals surface area (Å²) in [7, 11) is 0. The molecule has 2 rings (SSSR count). The highest BCUT2D eigenvalue weighted by molar-refractivity contribution is 9.10. The predicted octanol–water partition coefficient (Wildman–Crippen LogP) is 4.45. The van der Waals surface area contributed by atoms with Gasteiger partial charge in [0.1, 0.15) is 11.6 Å². The van der Waals surface area contributed by atoms with Crippen molar-refractivity contribution in [1.29, 1.82) is 0 Å². The molecule has 0 amide bonds. The minimum absolute atomic E-state index is 0.0584. The largest absolute Gasteiger partial charge is 0.478 e. The molecule has 0 aliphatic rings. The Hall–Kier alpha value is -1.86. The number of halogens is 4. The van der Waals surface area contributed by atoms with Gasteiger partial charge in [0.25, 0.3) is 0 Å². The molecular formula is C13H7BrClF2NO3. The van der Waals surface area contributed by atoms with Crippen molar-refractivity contribution < 1.29 is 23.4 Å². The monoisotopic (exact) mass is 377 g/mol. The summed E-state index contributed by atoms with van der Waals surface area (Å²) in [6, 6.07) is 3.92. The summed E-state index contributed by atoms with van der Waals surface area (Å²) in [5.41, 5.74) is 4.83. The second-order valence-electron chi connectivity index (χ2n) is 3.97. The van der Waals surface area contributed by atoms with Crippen LogP contribution in [-0.4, -0.2) is 11.1 Å². The van der Waals surface area contributed by atoms with Crippen LogP contribution in [0.15, 0.2) is 28.7 Å². The Balaban J connectivity index is 2.47. The molecule has 2 aromatic carbocycles. The lowest BCUT2D eigenvalue weighted by Gasteiger charge is -2.11. The summed E-state index contributed by atoms with van der Waals surface area (Å²) in [5, 5.41) is 8.80. The molecular weight excluding hydrogens is 372 g/mol. The summed E-state index contributed by atoms with van der Waals surface area (Å²) in [4.78, 5) is 11.0. The molecule has 0 saturated carbocycles. The van der Waals surface area contributed by atoms with Crippen molar-refractivity contribution in [2.45, 2.75) is 0 Å². The first-order valence-corrected chi connectivity index (χ1v) is 6.61. The molecule has 4 nitrogen and oxygen atoms in total. The van der Waals surface area contributed by atoms with Crippen LogP contribution in [0.4, 0.5) is 14.5 Å². The Kier molecular flexibility index (Phi) is 4.34. The lowest BCUT2D eigenvalue weighted by atomic mass is 10.1. The van der Waals surface area contributed by atoms with Gasteiger partial charge < -0.3 is 15.6 Å². The Morgan fingerprint density at radius 2 is 1.86 bits per heavy atom. The average Bonchev–Trinajstić information content (AvgIpc) is 2.38.